The Morgan fingerprint density at radius 3 is 2.62 bits per heavy atom. The van der Waals surface area contributed by atoms with Gasteiger partial charge in [0.2, 0.25) is 0 Å². The van der Waals surface area contributed by atoms with Gasteiger partial charge < -0.3 is 28.5 Å². The summed E-state index contributed by atoms with van der Waals surface area (Å²) in [6, 6.07) is 2.01. The number of ether oxygens (including phenoxy) is 4. The van der Waals surface area contributed by atoms with E-state index in [4.69, 9.17) is 23.4 Å². The lowest BCUT2D eigenvalue weighted by Crippen LogP contribution is -2.70. The molecule has 0 radical (unpaired) electrons. The number of aliphatic hydroxyl groups is 1. The van der Waals surface area contributed by atoms with Gasteiger partial charge >= 0.3 is 11.9 Å². The summed E-state index contributed by atoms with van der Waals surface area (Å²) in [7, 11) is 1.42. The number of hydrogen-bond acceptors (Lipinski definition) is 8. The Bertz CT molecular complexity index is 1260. The lowest BCUT2D eigenvalue weighted by Gasteiger charge is -2.65. The minimum Gasteiger partial charge on any atom is -0.472 e. The van der Waals surface area contributed by atoms with Crippen molar-refractivity contribution in [3.05, 3.63) is 47.0 Å². The van der Waals surface area contributed by atoms with Gasteiger partial charge in [0.25, 0.3) is 0 Å². The highest BCUT2D eigenvalue weighted by molar-refractivity contribution is 5.87. The molecule has 3 aliphatic carbocycles. The van der Waals surface area contributed by atoms with Crippen LogP contribution in [-0.2, 0) is 28.5 Å². The van der Waals surface area contributed by atoms with Crippen LogP contribution >= 0.6 is 0 Å². The summed E-state index contributed by atoms with van der Waals surface area (Å²) in [5.41, 5.74) is 2.24. The SMILES string of the molecule is CC=C(C)C(=O)O[C@H]1C[C@@H](O)[C@@]2(C)CO[C@@H]3C2[C@@]1(C)[C@@H](CC(=O)OC)[C@]1(C)C2=C(C)[C@H](c4ccoc4)C[C@H]2O[C@H]31. The van der Waals surface area contributed by atoms with Crippen molar-refractivity contribution in [2.24, 2.45) is 28.1 Å². The zero-order chi connectivity index (χ0) is 28.8. The number of methoxy groups -OCH3 is 1. The Morgan fingerprint density at radius 2 is 1.98 bits per heavy atom. The Balaban J connectivity index is 1.54. The molecule has 0 spiro atoms. The van der Waals surface area contributed by atoms with E-state index in [2.05, 4.69) is 27.7 Å². The molecule has 1 N–H and O–H groups in total. The highest BCUT2D eigenvalue weighted by atomic mass is 16.6. The molecule has 5 aliphatic rings. The average Bonchev–Trinajstić information content (AvgIpc) is 3.70. The van der Waals surface area contributed by atoms with Crippen LogP contribution in [0.1, 0.15) is 72.3 Å². The Hall–Kier alpha value is -2.42. The fourth-order valence-corrected chi connectivity index (χ4v) is 9.66. The van der Waals surface area contributed by atoms with Gasteiger partial charge in [-0.05, 0) is 50.3 Å². The predicted molar refractivity (Wildman–Crippen MR) is 145 cm³/mol. The van der Waals surface area contributed by atoms with Gasteiger partial charge in [0.05, 0.1) is 50.7 Å². The smallest absolute Gasteiger partial charge is 0.333 e. The number of fused-ring (bicyclic) bond motifs is 4. The van der Waals surface area contributed by atoms with Crippen LogP contribution in [0.4, 0.5) is 0 Å². The number of hydrogen-bond donors (Lipinski definition) is 1. The largest absolute Gasteiger partial charge is 0.472 e. The monoisotopic (exact) mass is 554 g/mol. The summed E-state index contributed by atoms with van der Waals surface area (Å²) in [5, 5.41) is 11.5. The number of esters is 2. The standard InChI is InChI=1S/C32H42O8/c1-8-16(2)29(35)40-23-13-22(33)30(4)15-38-26-27(30)31(23,5)21(12-24(34)36-7)32(6)25-17(3)19(18-9-10-37-14-18)11-20(25)39-28(26)32/h8-10,14,19-23,26-28,33H,11-13,15H2,1-7H3/t19-,20-,21-,22-,23+,26-,27?,28-,30-,31+,32-/m1/s1. The van der Waals surface area contributed by atoms with E-state index in [9.17, 15) is 14.7 Å². The summed E-state index contributed by atoms with van der Waals surface area (Å²) in [6.45, 7) is 12.5. The zero-order valence-electron chi connectivity index (χ0n) is 24.6. The lowest BCUT2D eigenvalue weighted by molar-refractivity contribution is -0.248. The molecule has 8 heteroatoms. The maximum Gasteiger partial charge on any atom is 0.333 e. The first kappa shape index (κ1) is 27.7. The normalized spacial score (nSPS) is 45.6. The van der Waals surface area contributed by atoms with Crippen LogP contribution in [0.25, 0.3) is 0 Å². The second kappa shape index (κ2) is 9.30. The minimum absolute atomic E-state index is 0.120. The second-order valence-corrected chi connectivity index (χ2v) is 13.3. The van der Waals surface area contributed by atoms with E-state index in [1.807, 2.05) is 6.07 Å². The molecular weight excluding hydrogens is 512 g/mol. The number of furan rings is 1. The van der Waals surface area contributed by atoms with Gasteiger partial charge in [-0.15, -0.1) is 0 Å². The third-order valence-electron chi connectivity index (χ3n) is 11.7. The molecule has 1 aromatic heterocycles. The number of carbonyl (C=O) groups excluding carboxylic acids is 2. The van der Waals surface area contributed by atoms with Crippen LogP contribution in [0, 0.1) is 28.1 Å². The molecule has 6 rings (SSSR count). The first-order chi connectivity index (χ1) is 18.9. The van der Waals surface area contributed by atoms with Crippen LogP contribution in [0.3, 0.4) is 0 Å². The number of rotatable bonds is 5. The molecule has 1 aromatic rings. The first-order valence-electron chi connectivity index (χ1n) is 14.5. The van der Waals surface area contributed by atoms with Gasteiger partial charge in [0.1, 0.15) is 6.10 Å². The van der Waals surface area contributed by atoms with E-state index in [-0.39, 0.29) is 54.9 Å². The van der Waals surface area contributed by atoms with Gasteiger partial charge in [0.15, 0.2) is 0 Å². The number of aliphatic hydroxyl groups excluding tert-OH is 1. The molecular formula is C32H42O8. The van der Waals surface area contributed by atoms with Crippen molar-refractivity contribution in [3.8, 4) is 0 Å². The van der Waals surface area contributed by atoms with E-state index in [1.165, 1.54) is 18.3 Å². The maximum atomic E-state index is 13.2. The van der Waals surface area contributed by atoms with Crippen molar-refractivity contribution in [2.75, 3.05) is 13.7 Å². The molecule has 2 aliphatic heterocycles. The summed E-state index contributed by atoms with van der Waals surface area (Å²) >= 11 is 0. The van der Waals surface area contributed by atoms with Gasteiger partial charge in [-0.25, -0.2) is 4.79 Å². The molecule has 2 saturated heterocycles. The highest BCUT2D eigenvalue weighted by Gasteiger charge is 2.78. The van der Waals surface area contributed by atoms with Crippen molar-refractivity contribution in [3.63, 3.8) is 0 Å². The van der Waals surface area contributed by atoms with Crippen molar-refractivity contribution in [1.29, 1.82) is 0 Å². The predicted octanol–water partition coefficient (Wildman–Crippen LogP) is 4.72. The van der Waals surface area contributed by atoms with Crippen molar-refractivity contribution in [1.82, 2.24) is 0 Å². The van der Waals surface area contributed by atoms with Crippen molar-refractivity contribution >= 4 is 11.9 Å². The van der Waals surface area contributed by atoms with E-state index >= 15 is 0 Å². The molecule has 0 aromatic carbocycles. The van der Waals surface area contributed by atoms with E-state index in [0.717, 1.165) is 12.0 Å². The Kier molecular flexibility index (Phi) is 6.45. The summed E-state index contributed by atoms with van der Waals surface area (Å²) < 4.78 is 30.5. The molecule has 11 atom stereocenters. The third kappa shape index (κ3) is 3.48. The molecule has 0 bridgehead atoms. The Labute approximate surface area is 236 Å². The maximum absolute atomic E-state index is 13.2. The number of allylic oxidation sites excluding steroid dienone is 2. The average molecular weight is 555 g/mol. The Morgan fingerprint density at radius 1 is 1.23 bits per heavy atom. The molecule has 2 saturated carbocycles. The van der Waals surface area contributed by atoms with E-state index < -0.39 is 34.4 Å². The summed E-state index contributed by atoms with van der Waals surface area (Å²) in [6.07, 6.45) is 4.37. The zero-order valence-corrected chi connectivity index (χ0v) is 24.6. The first-order valence-corrected chi connectivity index (χ1v) is 14.5. The van der Waals surface area contributed by atoms with Crippen LogP contribution < -0.4 is 0 Å². The second-order valence-electron chi connectivity index (χ2n) is 13.3. The van der Waals surface area contributed by atoms with Gasteiger partial charge in [-0.2, -0.15) is 0 Å². The number of carbonyl (C=O) groups is 2. The molecule has 1 unspecified atom stereocenters. The van der Waals surface area contributed by atoms with Crippen LogP contribution in [0.15, 0.2) is 45.8 Å². The molecule has 0 amide bonds. The fourth-order valence-electron chi connectivity index (χ4n) is 9.66. The third-order valence-corrected chi connectivity index (χ3v) is 11.7. The summed E-state index contributed by atoms with van der Waals surface area (Å²) in [4.78, 5) is 26.4. The van der Waals surface area contributed by atoms with E-state index in [1.54, 1.807) is 32.4 Å². The molecule has 3 heterocycles. The topological polar surface area (TPSA) is 104 Å². The molecule has 8 nitrogen and oxygen atoms in total. The van der Waals surface area contributed by atoms with Crippen LogP contribution in [-0.4, -0.2) is 61.3 Å². The van der Waals surface area contributed by atoms with E-state index in [0.29, 0.717) is 12.2 Å². The minimum atomic E-state index is -0.727. The van der Waals surface area contributed by atoms with Gasteiger partial charge in [-0.1, -0.05) is 32.4 Å². The van der Waals surface area contributed by atoms with Crippen LogP contribution in [0.2, 0.25) is 0 Å². The fraction of sp³-hybridized carbons (Fsp3) is 0.688. The van der Waals surface area contributed by atoms with Crippen molar-refractivity contribution in [2.45, 2.75) is 97.2 Å². The summed E-state index contributed by atoms with van der Waals surface area (Å²) in [5.74, 6) is -1.02. The molecule has 218 valence electrons. The molecule has 4 fully saturated rings. The molecule has 40 heavy (non-hydrogen) atoms. The lowest BCUT2D eigenvalue weighted by atomic mass is 9.40. The van der Waals surface area contributed by atoms with Gasteiger partial charge in [-0.3, -0.25) is 4.79 Å². The highest BCUT2D eigenvalue weighted by Crippen LogP contribution is 2.73. The van der Waals surface area contributed by atoms with Crippen LogP contribution in [0.5, 0.6) is 0 Å². The van der Waals surface area contributed by atoms with Crippen molar-refractivity contribution < 1.29 is 38.1 Å². The quantitative estimate of drug-likeness (QED) is 0.317. The van der Waals surface area contributed by atoms with Gasteiger partial charge in [0, 0.05) is 46.5 Å².